The smallest absolute Gasteiger partial charge is 0.318 e. The zero-order chi connectivity index (χ0) is 11.5. The monoisotopic (exact) mass is 213 g/mol. The van der Waals surface area contributed by atoms with Crippen LogP contribution in [0.2, 0.25) is 0 Å². The molecule has 1 rings (SSSR count). The predicted octanol–water partition coefficient (Wildman–Crippen LogP) is 1.10. The molecule has 1 fully saturated rings. The van der Waals surface area contributed by atoms with E-state index in [-0.39, 0.29) is 11.9 Å². The number of piperidine rings is 1. The molecule has 4 heteroatoms. The molecule has 1 aliphatic rings. The standard InChI is InChI=1S/C11H19NO3/c1-11(2,3)10(14)15-9(13)8-4-6-12-7-5-8/h8,12H,4-7H2,1-3H3. The molecule has 1 aliphatic heterocycles. The fourth-order valence-corrected chi connectivity index (χ4v) is 1.39. The summed E-state index contributed by atoms with van der Waals surface area (Å²) < 4.78 is 4.85. The van der Waals surface area contributed by atoms with Crippen molar-refractivity contribution in [1.82, 2.24) is 5.32 Å². The number of hydrogen-bond donors (Lipinski definition) is 1. The van der Waals surface area contributed by atoms with Crippen LogP contribution in [0.3, 0.4) is 0 Å². The Labute approximate surface area is 90.4 Å². The summed E-state index contributed by atoms with van der Waals surface area (Å²) >= 11 is 0. The summed E-state index contributed by atoms with van der Waals surface area (Å²) in [6, 6.07) is 0. The first-order chi connectivity index (χ1) is 6.91. The van der Waals surface area contributed by atoms with Crippen LogP contribution in [-0.4, -0.2) is 25.0 Å². The first kappa shape index (κ1) is 12.2. The molecule has 0 aliphatic carbocycles. The van der Waals surface area contributed by atoms with Gasteiger partial charge in [0.15, 0.2) is 0 Å². The second kappa shape index (κ2) is 4.75. The Morgan fingerprint density at radius 2 is 1.73 bits per heavy atom. The molecule has 0 amide bonds. The first-order valence-electron chi connectivity index (χ1n) is 5.38. The Kier molecular flexibility index (Phi) is 3.85. The summed E-state index contributed by atoms with van der Waals surface area (Å²) in [5.41, 5.74) is -0.609. The number of hydrogen-bond acceptors (Lipinski definition) is 4. The molecule has 0 spiro atoms. The van der Waals surface area contributed by atoms with Gasteiger partial charge in [-0.1, -0.05) is 0 Å². The molecule has 0 aromatic rings. The van der Waals surface area contributed by atoms with E-state index >= 15 is 0 Å². The average Bonchev–Trinajstić information content (AvgIpc) is 2.17. The lowest BCUT2D eigenvalue weighted by atomic mass is 9.96. The zero-order valence-electron chi connectivity index (χ0n) is 9.63. The van der Waals surface area contributed by atoms with Gasteiger partial charge in [-0.15, -0.1) is 0 Å². The number of esters is 2. The molecule has 0 aromatic carbocycles. The fraction of sp³-hybridized carbons (Fsp3) is 0.818. The third-order valence-corrected chi connectivity index (χ3v) is 2.48. The number of carbonyl (C=O) groups excluding carboxylic acids is 2. The predicted molar refractivity (Wildman–Crippen MR) is 56.1 cm³/mol. The van der Waals surface area contributed by atoms with Gasteiger partial charge in [-0.3, -0.25) is 9.59 Å². The molecular weight excluding hydrogens is 194 g/mol. The Hall–Kier alpha value is -0.900. The average molecular weight is 213 g/mol. The number of ether oxygens (including phenoxy) is 1. The topological polar surface area (TPSA) is 55.4 Å². The molecule has 0 saturated carbocycles. The van der Waals surface area contributed by atoms with Crippen molar-refractivity contribution in [1.29, 1.82) is 0 Å². The van der Waals surface area contributed by atoms with E-state index in [0.717, 1.165) is 25.9 Å². The number of carbonyl (C=O) groups is 2. The minimum absolute atomic E-state index is 0.113. The van der Waals surface area contributed by atoms with Crippen LogP contribution in [-0.2, 0) is 14.3 Å². The van der Waals surface area contributed by atoms with Crippen LogP contribution in [0.1, 0.15) is 33.6 Å². The van der Waals surface area contributed by atoms with Gasteiger partial charge in [0.25, 0.3) is 0 Å². The van der Waals surface area contributed by atoms with Crippen molar-refractivity contribution >= 4 is 11.9 Å². The van der Waals surface area contributed by atoms with E-state index in [1.165, 1.54) is 0 Å². The van der Waals surface area contributed by atoms with Gasteiger partial charge in [0.1, 0.15) is 0 Å². The molecule has 0 radical (unpaired) electrons. The SMILES string of the molecule is CC(C)(C)C(=O)OC(=O)C1CCNCC1. The lowest BCUT2D eigenvalue weighted by Crippen LogP contribution is -2.35. The minimum atomic E-state index is -0.609. The Morgan fingerprint density at radius 1 is 1.20 bits per heavy atom. The lowest BCUT2D eigenvalue weighted by Gasteiger charge is -2.22. The van der Waals surface area contributed by atoms with Gasteiger partial charge in [0, 0.05) is 0 Å². The van der Waals surface area contributed by atoms with E-state index in [1.54, 1.807) is 20.8 Å². The number of rotatable bonds is 1. The Morgan fingerprint density at radius 3 is 2.20 bits per heavy atom. The molecule has 1 heterocycles. The molecule has 15 heavy (non-hydrogen) atoms. The summed E-state index contributed by atoms with van der Waals surface area (Å²) in [5.74, 6) is -0.917. The van der Waals surface area contributed by atoms with Crippen LogP contribution in [0.15, 0.2) is 0 Å². The van der Waals surface area contributed by atoms with Gasteiger partial charge in [0.2, 0.25) is 0 Å². The molecule has 0 aromatic heterocycles. The van der Waals surface area contributed by atoms with Gasteiger partial charge in [-0.05, 0) is 46.7 Å². The first-order valence-corrected chi connectivity index (χ1v) is 5.38. The molecule has 0 bridgehead atoms. The second-order valence-electron chi connectivity index (χ2n) is 4.98. The maximum absolute atomic E-state index is 11.6. The highest BCUT2D eigenvalue weighted by molar-refractivity contribution is 5.89. The minimum Gasteiger partial charge on any atom is -0.393 e. The summed E-state index contributed by atoms with van der Waals surface area (Å²) in [6.45, 7) is 6.87. The van der Waals surface area contributed by atoms with Crippen molar-refractivity contribution in [3.63, 3.8) is 0 Å². The summed E-state index contributed by atoms with van der Waals surface area (Å²) in [7, 11) is 0. The van der Waals surface area contributed by atoms with Crippen LogP contribution < -0.4 is 5.32 Å². The van der Waals surface area contributed by atoms with Crippen LogP contribution in [0.4, 0.5) is 0 Å². The fourth-order valence-electron chi connectivity index (χ4n) is 1.39. The normalized spacial score (nSPS) is 18.6. The van der Waals surface area contributed by atoms with Crippen molar-refractivity contribution in [2.45, 2.75) is 33.6 Å². The van der Waals surface area contributed by atoms with Gasteiger partial charge >= 0.3 is 11.9 Å². The summed E-state index contributed by atoms with van der Waals surface area (Å²) in [4.78, 5) is 23.0. The van der Waals surface area contributed by atoms with Crippen molar-refractivity contribution in [2.75, 3.05) is 13.1 Å². The molecule has 0 atom stereocenters. The molecule has 86 valence electrons. The maximum atomic E-state index is 11.6. The summed E-state index contributed by atoms with van der Waals surface area (Å²) in [5, 5.41) is 3.16. The van der Waals surface area contributed by atoms with Gasteiger partial charge in [0.05, 0.1) is 11.3 Å². The van der Waals surface area contributed by atoms with E-state index < -0.39 is 11.4 Å². The highest BCUT2D eigenvalue weighted by atomic mass is 16.6. The van der Waals surface area contributed by atoms with Crippen molar-refractivity contribution < 1.29 is 14.3 Å². The van der Waals surface area contributed by atoms with E-state index in [1.807, 2.05) is 0 Å². The van der Waals surface area contributed by atoms with Crippen molar-refractivity contribution in [2.24, 2.45) is 11.3 Å². The van der Waals surface area contributed by atoms with E-state index in [0.29, 0.717) is 0 Å². The van der Waals surface area contributed by atoms with Crippen LogP contribution in [0.25, 0.3) is 0 Å². The third-order valence-electron chi connectivity index (χ3n) is 2.48. The molecule has 0 unspecified atom stereocenters. The van der Waals surface area contributed by atoms with E-state index in [2.05, 4.69) is 5.32 Å². The Balaban J connectivity index is 2.44. The van der Waals surface area contributed by atoms with Crippen LogP contribution in [0, 0.1) is 11.3 Å². The molecule has 1 saturated heterocycles. The quantitative estimate of drug-likeness (QED) is 0.523. The van der Waals surface area contributed by atoms with Crippen LogP contribution >= 0.6 is 0 Å². The molecule has 4 nitrogen and oxygen atoms in total. The van der Waals surface area contributed by atoms with Crippen molar-refractivity contribution in [3.05, 3.63) is 0 Å². The zero-order valence-corrected chi connectivity index (χ0v) is 9.63. The lowest BCUT2D eigenvalue weighted by molar-refractivity contribution is -0.168. The van der Waals surface area contributed by atoms with E-state index in [9.17, 15) is 9.59 Å². The summed E-state index contributed by atoms with van der Waals surface area (Å²) in [6.07, 6.45) is 1.52. The molecule has 1 N–H and O–H groups in total. The highest BCUT2D eigenvalue weighted by Gasteiger charge is 2.29. The highest BCUT2D eigenvalue weighted by Crippen LogP contribution is 2.19. The second-order valence-corrected chi connectivity index (χ2v) is 4.98. The van der Waals surface area contributed by atoms with Gasteiger partial charge in [-0.25, -0.2) is 0 Å². The van der Waals surface area contributed by atoms with Gasteiger partial charge in [-0.2, -0.15) is 0 Å². The Bertz CT molecular complexity index is 249. The third kappa shape index (κ3) is 3.63. The molecular formula is C11H19NO3. The maximum Gasteiger partial charge on any atom is 0.318 e. The van der Waals surface area contributed by atoms with Crippen molar-refractivity contribution in [3.8, 4) is 0 Å². The van der Waals surface area contributed by atoms with Crippen LogP contribution in [0.5, 0.6) is 0 Å². The largest absolute Gasteiger partial charge is 0.393 e. The van der Waals surface area contributed by atoms with Gasteiger partial charge < -0.3 is 10.1 Å². The van der Waals surface area contributed by atoms with E-state index in [4.69, 9.17) is 4.74 Å². The number of nitrogens with one attached hydrogen (secondary N) is 1.